The zero-order valence-electron chi connectivity index (χ0n) is 15.7. The van der Waals surface area contributed by atoms with Gasteiger partial charge in [0.2, 0.25) is 11.8 Å². The molecule has 1 N–H and O–H groups in total. The SMILES string of the molecule is COCC(=O)N1CCN(C(=O)c2cccs2)CCNC(=O)[C@H]2CCCC[C@H]21. The third-order valence-electron chi connectivity index (χ3n) is 5.37. The lowest BCUT2D eigenvalue weighted by Gasteiger charge is -2.41. The Hall–Kier alpha value is -1.93. The summed E-state index contributed by atoms with van der Waals surface area (Å²) in [5.41, 5.74) is 0. The molecule has 8 heteroatoms. The van der Waals surface area contributed by atoms with E-state index in [0.29, 0.717) is 31.1 Å². The molecule has 0 unspecified atom stereocenters. The molecule has 2 atom stereocenters. The lowest BCUT2D eigenvalue weighted by atomic mass is 9.82. The van der Waals surface area contributed by atoms with E-state index in [1.165, 1.54) is 18.4 Å². The number of rotatable bonds is 3. The molecule has 0 bridgehead atoms. The fourth-order valence-electron chi connectivity index (χ4n) is 4.02. The first-order valence-electron chi connectivity index (χ1n) is 9.50. The van der Waals surface area contributed by atoms with Gasteiger partial charge in [-0.2, -0.15) is 0 Å². The minimum Gasteiger partial charge on any atom is -0.375 e. The quantitative estimate of drug-likeness (QED) is 0.841. The molecule has 27 heavy (non-hydrogen) atoms. The van der Waals surface area contributed by atoms with Gasteiger partial charge in [0.25, 0.3) is 5.91 Å². The number of fused-ring (bicyclic) bond motifs is 1. The van der Waals surface area contributed by atoms with Crippen LogP contribution in [0.3, 0.4) is 0 Å². The van der Waals surface area contributed by atoms with Crippen molar-refractivity contribution in [2.75, 3.05) is 39.9 Å². The van der Waals surface area contributed by atoms with Crippen molar-refractivity contribution in [3.8, 4) is 0 Å². The van der Waals surface area contributed by atoms with E-state index >= 15 is 0 Å². The topological polar surface area (TPSA) is 79.0 Å². The van der Waals surface area contributed by atoms with Gasteiger partial charge in [0.05, 0.1) is 10.8 Å². The number of methoxy groups -OCH3 is 1. The van der Waals surface area contributed by atoms with Gasteiger partial charge in [0.15, 0.2) is 0 Å². The van der Waals surface area contributed by atoms with E-state index in [4.69, 9.17) is 4.74 Å². The lowest BCUT2D eigenvalue weighted by molar-refractivity contribution is -0.142. The predicted octanol–water partition coefficient (Wildman–Crippen LogP) is 1.35. The number of ether oxygens (including phenoxy) is 1. The Kier molecular flexibility index (Phi) is 6.84. The van der Waals surface area contributed by atoms with Crippen LogP contribution >= 0.6 is 11.3 Å². The van der Waals surface area contributed by atoms with Crippen LogP contribution in [0.15, 0.2) is 17.5 Å². The Morgan fingerprint density at radius 2 is 2.07 bits per heavy atom. The van der Waals surface area contributed by atoms with Crippen LogP contribution in [0.2, 0.25) is 0 Å². The minimum atomic E-state index is -0.181. The van der Waals surface area contributed by atoms with E-state index < -0.39 is 0 Å². The first kappa shape index (κ1) is 19.8. The molecule has 2 aliphatic rings. The first-order valence-corrected chi connectivity index (χ1v) is 10.4. The monoisotopic (exact) mass is 393 g/mol. The Morgan fingerprint density at radius 1 is 1.26 bits per heavy atom. The summed E-state index contributed by atoms with van der Waals surface area (Å²) in [4.78, 5) is 42.4. The summed E-state index contributed by atoms with van der Waals surface area (Å²) < 4.78 is 5.05. The van der Waals surface area contributed by atoms with Crippen LogP contribution < -0.4 is 5.32 Å². The van der Waals surface area contributed by atoms with Crippen LogP contribution in [-0.2, 0) is 14.3 Å². The van der Waals surface area contributed by atoms with Crippen molar-refractivity contribution in [1.82, 2.24) is 15.1 Å². The second-order valence-corrected chi connectivity index (χ2v) is 7.99. The maximum atomic E-state index is 12.8. The van der Waals surface area contributed by atoms with Crippen molar-refractivity contribution in [2.24, 2.45) is 5.92 Å². The summed E-state index contributed by atoms with van der Waals surface area (Å²) in [5, 5.41) is 4.85. The van der Waals surface area contributed by atoms with Crippen LogP contribution in [0.4, 0.5) is 0 Å². The molecule has 1 saturated heterocycles. The maximum absolute atomic E-state index is 12.8. The van der Waals surface area contributed by atoms with Crippen molar-refractivity contribution < 1.29 is 19.1 Å². The fourth-order valence-corrected chi connectivity index (χ4v) is 4.71. The van der Waals surface area contributed by atoms with Gasteiger partial charge in [0, 0.05) is 39.3 Å². The highest BCUT2D eigenvalue weighted by molar-refractivity contribution is 7.12. The van der Waals surface area contributed by atoms with E-state index in [0.717, 1.165) is 25.7 Å². The largest absolute Gasteiger partial charge is 0.375 e. The van der Waals surface area contributed by atoms with Gasteiger partial charge in [-0.3, -0.25) is 14.4 Å². The summed E-state index contributed by atoms with van der Waals surface area (Å²) in [6.07, 6.45) is 3.62. The summed E-state index contributed by atoms with van der Waals surface area (Å²) in [6.45, 7) is 1.74. The summed E-state index contributed by atoms with van der Waals surface area (Å²) in [5.74, 6) is -0.370. The molecule has 1 aliphatic carbocycles. The average molecular weight is 394 g/mol. The van der Waals surface area contributed by atoms with Gasteiger partial charge < -0.3 is 19.9 Å². The maximum Gasteiger partial charge on any atom is 0.264 e. The van der Waals surface area contributed by atoms with Crippen molar-refractivity contribution in [3.05, 3.63) is 22.4 Å². The molecule has 148 valence electrons. The molecule has 3 amide bonds. The van der Waals surface area contributed by atoms with E-state index in [-0.39, 0.29) is 36.3 Å². The Bertz CT molecular complexity index is 664. The number of amides is 3. The zero-order valence-corrected chi connectivity index (χ0v) is 16.5. The van der Waals surface area contributed by atoms with Crippen LogP contribution in [0, 0.1) is 5.92 Å². The minimum absolute atomic E-state index is 0.0102. The Balaban J connectivity index is 1.81. The first-order chi connectivity index (χ1) is 13.1. The zero-order chi connectivity index (χ0) is 19.2. The molecule has 0 radical (unpaired) electrons. The number of hydrogen-bond acceptors (Lipinski definition) is 5. The molecule has 0 aromatic carbocycles. The number of carbonyl (C=O) groups is 3. The van der Waals surface area contributed by atoms with Crippen LogP contribution in [0.25, 0.3) is 0 Å². The second-order valence-electron chi connectivity index (χ2n) is 7.04. The fraction of sp³-hybridized carbons (Fsp3) is 0.632. The molecular weight excluding hydrogens is 366 g/mol. The van der Waals surface area contributed by atoms with Crippen molar-refractivity contribution in [3.63, 3.8) is 0 Å². The Labute approximate surface area is 163 Å². The molecule has 2 heterocycles. The van der Waals surface area contributed by atoms with E-state index in [1.807, 2.05) is 11.4 Å². The van der Waals surface area contributed by atoms with Crippen LogP contribution in [0.1, 0.15) is 35.4 Å². The lowest BCUT2D eigenvalue weighted by Crippen LogP contribution is -2.56. The van der Waals surface area contributed by atoms with Crippen molar-refractivity contribution in [2.45, 2.75) is 31.7 Å². The van der Waals surface area contributed by atoms with E-state index in [1.54, 1.807) is 15.9 Å². The van der Waals surface area contributed by atoms with Gasteiger partial charge >= 0.3 is 0 Å². The molecule has 2 fully saturated rings. The predicted molar refractivity (Wildman–Crippen MR) is 103 cm³/mol. The number of thiophene rings is 1. The summed E-state index contributed by atoms with van der Waals surface area (Å²) in [6, 6.07) is 3.52. The highest BCUT2D eigenvalue weighted by atomic mass is 32.1. The number of nitrogens with one attached hydrogen (secondary N) is 1. The van der Waals surface area contributed by atoms with Gasteiger partial charge in [-0.15, -0.1) is 11.3 Å². The smallest absolute Gasteiger partial charge is 0.264 e. The summed E-state index contributed by atoms with van der Waals surface area (Å²) in [7, 11) is 1.50. The van der Waals surface area contributed by atoms with Gasteiger partial charge in [-0.1, -0.05) is 18.9 Å². The van der Waals surface area contributed by atoms with Crippen LogP contribution in [-0.4, -0.2) is 73.5 Å². The third kappa shape index (κ3) is 4.68. The molecule has 1 aromatic rings. The normalized spacial score (nSPS) is 24.1. The van der Waals surface area contributed by atoms with E-state index in [9.17, 15) is 14.4 Å². The standard InChI is InChI=1S/C19H27N3O4S/c1-26-13-17(23)22-11-10-21(19(25)16-7-4-12-27-16)9-8-20-18(24)14-5-2-3-6-15(14)22/h4,7,12,14-15H,2-3,5-6,8-11,13H2,1H3,(H,20,24)/t14-,15+/m0/s1. The van der Waals surface area contributed by atoms with Crippen molar-refractivity contribution >= 4 is 29.1 Å². The highest BCUT2D eigenvalue weighted by Crippen LogP contribution is 2.29. The number of hydrogen-bond donors (Lipinski definition) is 1. The van der Waals surface area contributed by atoms with Crippen LogP contribution in [0.5, 0.6) is 0 Å². The molecule has 7 nitrogen and oxygen atoms in total. The molecule has 0 spiro atoms. The van der Waals surface area contributed by atoms with Gasteiger partial charge in [-0.05, 0) is 24.3 Å². The van der Waals surface area contributed by atoms with Gasteiger partial charge in [0.1, 0.15) is 6.61 Å². The number of carbonyl (C=O) groups excluding carboxylic acids is 3. The second kappa shape index (κ2) is 9.32. The number of nitrogens with zero attached hydrogens (tertiary/aromatic N) is 2. The molecule has 1 saturated carbocycles. The van der Waals surface area contributed by atoms with Crippen molar-refractivity contribution in [1.29, 1.82) is 0 Å². The molecular formula is C19H27N3O4S. The highest BCUT2D eigenvalue weighted by Gasteiger charge is 2.37. The van der Waals surface area contributed by atoms with Gasteiger partial charge in [-0.25, -0.2) is 0 Å². The average Bonchev–Trinajstić information content (AvgIpc) is 3.21. The third-order valence-corrected chi connectivity index (χ3v) is 6.22. The molecule has 1 aliphatic heterocycles. The summed E-state index contributed by atoms with van der Waals surface area (Å²) >= 11 is 1.40. The molecule has 3 rings (SSSR count). The van der Waals surface area contributed by atoms with E-state index in [2.05, 4.69) is 5.32 Å². The Morgan fingerprint density at radius 3 is 2.81 bits per heavy atom. The molecule has 1 aromatic heterocycles.